The SMILES string of the molecule is C[C@H](NC(=O)C1CCC1)C(=O)Nc1ccn([C@@H](C)c2ccccc2)n1. The highest BCUT2D eigenvalue weighted by Crippen LogP contribution is 2.26. The summed E-state index contributed by atoms with van der Waals surface area (Å²) in [6.07, 6.45) is 4.77. The average molecular weight is 340 g/mol. The molecule has 2 amide bonds. The smallest absolute Gasteiger partial charge is 0.247 e. The Morgan fingerprint density at radius 2 is 1.88 bits per heavy atom. The molecule has 1 aliphatic carbocycles. The summed E-state index contributed by atoms with van der Waals surface area (Å²) in [5, 5.41) is 9.96. The van der Waals surface area contributed by atoms with Gasteiger partial charge in [0.2, 0.25) is 11.8 Å². The van der Waals surface area contributed by atoms with E-state index in [1.165, 1.54) is 0 Å². The summed E-state index contributed by atoms with van der Waals surface area (Å²) < 4.78 is 1.81. The molecule has 1 aromatic heterocycles. The first kappa shape index (κ1) is 17.2. The Morgan fingerprint density at radius 1 is 1.16 bits per heavy atom. The van der Waals surface area contributed by atoms with Gasteiger partial charge in [0.15, 0.2) is 5.82 Å². The standard InChI is InChI=1S/C19H24N4O2/c1-13(20-19(25)16-9-6-10-16)18(24)21-17-11-12-23(22-17)14(2)15-7-4-3-5-8-15/h3-5,7-8,11-14,16H,6,9-10H2,1-2H3,(H,20,25)(H,21,22,24)/t13-,14-/m0/s1. The molecule has 2 aromatic rings. The Labute approximate surface area is 147 Å². The van der Waals surface area contributed by atoms with E-state index in [4.69, 9.17) is 0 Å². The van der Waals surface area contributed by atoms with Crippen molar-refractivity contribution in [1.82, 2.24) is 15.1 Å². The minimum atomic E-state index is -0.579. The topological polar surface area (TPSA) is 76.0 Å². The Hall–Kier alpha value is -2.63. The van der Waals surface area contributed by atoms with Gasteiger partial charge in [-0.2, -0.15) is 5.10 Å². The molecule has 0 saturated heterocycles. The number of aromatic nitrogens is 2. The van der Waals surface area contributed by atoms with Gasteiger partial charge in [-0.15, -0.1) is 0 Å². The number of carbonyl (C=O) groups excluding carboxylic acids is 2. The molecule has 1 fully saturated rings. The van der Waals surface area contributed by atoms with E-state index in [1.54, 1.807) is 13.0 Å². The van der Waals surface area contributed by atoms with Crippen LogP contribution in [-0.2, 0) is 9.59 Å². The van der Waals surface area contributed by atoms with Gasteiger partial charge in [0, 0.05) is 18.2 Å². The van der Waals surface area contributed by atoms with E-state index in [-0.39, 0.29) is 23.8 Å². The van der Waals surface area contributed by atoms with Crippen molar-refractivity contribution in [1.29, 1.82) is 0 Å². The van der Waals surface area contributed by atoms with Gasteiger partial charge in [0.1, 0.15) is 6.04 Å². The van der Waals surface area contributed by atoms with Crippen LogP contribution in [0, 0.1) is 5.92 Å². The quantitative estimate of drug-likeness (QED) is 0.849. The third kappa shape index (κ3) is 4.07. The molecule has 3 rings (SSSR count). The number of rotatable bonds is 6. The Morgan fingerprint density at radius 3 is 2.52 bits per heavy atom. The third-order valence-electron chi connectivity index (χ3n) is 4.77. The summed E-state index contributed by atoms with van der Waals surface area (Å²) >= 11 is 0. The van der Waals surface area contributed by atoms with Crippen LogP contribution in [0.3, 0.4) is 0 Å². The number of anilines is 1. The van der Waals surface area contributed by atoms with Crippen LogP contribution in [0.1, 0.15) is 44.7 Å². The van der Waals surface area contributed by atoms with Gasteiger partial charge in [0.25, 0.3) is 0 Å². The van der Waals surface area contributed by atoms with Crippen molar-refractivity contribution in [2.24, 2.45) is 5.92 Å². The fraction of sp³-hybridized carbons (Fsp3) is 0.421. The van der Waals surface area contributed by atoms with Gasteiger partial charge in [-0.1, -0.05) is 36.8 Å². The van der Waals surface area contributed by atoms with Crippen LogP contribution in [0.5, 0.6) is 0 Å². The summed E-state index contributed by atoms with van der Waals surface area (Å²) in [5.74, 6) is 0.265. The van der Waals surface area contributed by atoms with Crippen LogP contribution in [0.25, 0.3) is 0 Å². The molecule has 25 heavy (non-hydrogen) atoms. The summed E-state index contributed by atoms with van der Waals surface area (Å²) in [5.41, 5.74) is 1.14. The van der Waals surface area contributed by atoms with Crippen LogP contribution in [0.4, 0.5) is 5.82 Å². The van der Waals surface area contributed by atoms with Gasteiger partial charge < -0.3 is 10.6 Å². The predicted molar refractivity (Wildman–Crippen MR) is 96.1 cm³/mol. The molecule has 6 nitrogen and oxygen atoms in total. The van der Waals surface area contributed by atoms with Gasteiger partial charge >= 0.3 is 0 Å². The molecular weight excluding hydrogens is 316 g/mol. The van der Waals surface area contributed by atoms with Crippen LogP contribution < -0.4 is 10.6 Å². The lowest BCUT2D eigenvalue weighted by Crippen LogP contribution is -2.45. The zero-order chi connectivity index (χ0) is 17.8. The van der Waals surface area contributed by atoms with Crippen molar-refractivity contribution in [2.45, 2.75) is 45.2 Å². The molecule has 1 saturated carbocycles. The first-order valence-corrected chi connectivity index (χ1v) is 8.76. The summed E-state index contributed by atoms with van der Waals surface area (Å²) in [4.78, 5) is 24.2. The monoisotopic (exact) mass is 340 g/mol. The lowest BCUT2D eigenvalue weighted by atomic mass is 9.84. The zero-order valence-electron chi connectivity index (χ0n) is 14.6. The molecule has 0 spiro atoms. The molecule has 0 radical (unpaired) electrons. The summed E-state index contributed by atoms with van der Waals surface area (Å²) in [7, 11) is 0. The van der Waals surface area contributed by atoms with Crippen molar-refractivity contribution in [3.05, 3.63) is 48.2 Å². The second kappa shape index (κ2) is 7.51. The number of hydrogen-bond donors (Lipinski definition) is 2. The van der Waals surface area contributed by atoms with Crippen LogP contribution >= 0.6 is 0 Å². The Bertz CT molecular complexity index is 737. The molecule has 2 atom stereocenters. The molecular formula is C19H24N4O2. The number of amides is 2. The van der Waals surface area contributed by atoms with E-state index < -0.39 is 6.04 Å². The molecule has 132 valence electrons. The van der Waals surface area contributed by atoms with E-state index in [1.807, 2.05) is 41.2 Å². The molecule has 6 heteroatoms. The molecule has 1 aromatic carbocycles. The average Bonchev–Trinajstić information content (AvgIpc) is 3.01. The normalized spacial score (nSPS) is 16.6. The lowest BCUT2D eigenvalue weighted by molar-refractivity contribution is -0.130. The molecule has 1 aliphatic rings. The minimum Gasteiger partial charge on any atom is -0.344 e. The molecule has 0 bridgehead atoms. The number of nitrogens with one attached hydrogen (secondary N) is 2. The van der Waals surface area contributed by atoms with Crippen molar-refractivity contribution in [3.63, 3.8) is 0 Å². The fourth-order valence-electron chi connectivity index (χ4n) is 2.81. The van der Waals surface area contributed by atoms with Gasteiger partial charge in [-0.3, -0.25) is 14.3 Å². The van der Waals surface area contributed by atoms with Crippen molar-refractivity contribution in [3.8, 4) is 0 Å². The number of nitrogens with zero attached hydrogens (tertiary/aromatic N) is 2. The highest BCUT2D eigenvalue weighted by molar-refractivity contribution is 5.96. The minimum absolute atomic E-state index is 0.0304. The predicted octanol–water partition coefficient (Wildman–Crippen LogP) is 2.74. The number of hydrogen-bond acceptors (Lipinski definition) is 3. The van der Waals surface area contributed by atoms with Gasteiger partial charge in [-0.05, 0) is 32.3 Å². The van der Waals surface area contributed by atoms with E-state index in [0.717, 1.165) is 24.8 Å². The fourth-order valence-corrected chi connectivity index (χ4v) is 2.81. The number of carbonyl (C=O) groups is 2. The van der Waals surface area contributed by atoms with Gasteiger partial charge in [-0.25, -0.2) is 0 Å². The number of benzene rings is 1. The van der Waals surface area contributed by atoms with E-state index in [9.17, 15) is 9.59 Å². The van der Waals surface area contributed by atoms with E-state index in [0.29, 0.717) is 5.82 Å². The van der Waals surface area contributed by atoms with E-state index >= 15 is 0 Å². The van der Waals surface area contributed by atoms with Crippen LogP contribution in [0.2, 0.25) is 0 Å². The van der Waals surface area contributed by atoms with E-state index in [2.05, 4.69) is 22.7 Å². The highest BCUT2D eigenvalue weighted by Gasteiger charge is 2.27. The maximum Gasteiger partial charge on any atom is 0.247 e. The summed E-state index contributed by atoms with van der Waals surface area (Å²) in [6.45, 7) is 3.74. The maximum absolute atomic E-state index is 12.3. The molecule has 0 aliphatic heterocycles. The molecule has 0 unspecified atom stereocenters. The largest absolute Gasteiger partial charge is 0.344 e. The Kier molecular flexibility index (Phi) is 5.16. The first-order chi connectivity index (χ1) is 12.0. The summed E-state index contributed by atoms with van der Waals surface area (Å²) in [6, 6.07) is 11.3. The first-order valence-electron chi connectivity index (χ1n) is 8.76. The lowest BCUT2D eigenvalue weighted by Gasteiger charge is -2.25. The van der Waals surface area contributed by atoms with Crippen LogP contribution in [0.15, 0.2) is 42.6 Å². The van der Waals surface area contributed by atoms with Gasteiger partial charge in [0.05, 0.1) is 6.04 Å². The van der Waals surface area contributed by atoms with Crippen molar-refractivity contribution >= 4 is 17.6 Å². The second-order valence-electron chi connectivity index (χ2n) is 6.62. The van der Waals surface area contributed by atoms with Crippen molar-refractivity contribution < 1.29 is 9.59 Å². The second-order valence-corrected chi connectivity index (χ2v) is 6.62. The zero-order valence-corrected chi connectivity index (χ0v) is 14.6. The van der Waals surface area contributed by atoms with Crippen molar-refractivity contribution in [2.75, 3.05) is 5.32 Å². The highest BCUT2D eigenvalue weighted by atomic mass is 16.2. The maximum atomic E-state index is 12.3. The Balaban J connectivity index is 1.57. The molecule has 1 heterocycles. The van der Waals surface area contributed by atoms with Crippen LogP contribution in [-0.4, -0.2) is 27.6 Å². The third-order valence-corrected chi connectivity index (χ3v) is 4.77. The molecule has 2 N–H and O–H groups in total.